The molecule has 0 radical (unpaired) electrons. The van der Waals surface area contributed by atoms with E-state index >= 15 is 0 Å². The minimum Gasteiger partial charge on any atom is -0.461 e. The molecule has 3 heteroatoms. The third-order valence-electron chi connectivity index (χ3n) is 5.94. The van der Waals surface area contributed by atoms with E-state index < -0.39 is 0 Å². The Morgan fingerprint density at radius 2 is 1.58 bits per heavy atom. The van der Waals surface area contributed by atoms with Gasteiger partial charge in [0, 0.05) is 11.6 Å². The zero-order valence-electron chi connectivity index (χ0n) is 13.6. The van der Waals surface area contributed by atoms with E-state index in [4.69, 9.17) is 9.73 Å². The van der Waals surface area contributed by atoms with E-state index in [0.717, 1.165) is 11.6 Å². The van der Waals surface area contributed by atoms with Gasteiger partial charge in [0.05, 0.1) is 6.04 Å². The van der Waals surface area contributed by atoms with E-state index in [1.165, 1.54) is 24.8 Å². The molecule has 5 atom stereocenters. The first-order valence-electron chi connectivity index (χ1n) is 9.00. The highest BCUT2D eigenvalue weighted by molar-refractivity contribution is 5.89. The fraction of sp³-hybridized carbons (Fsp3) is 0.381. The molecule has 3 nitrogen and oxygen atoms in total. The summed E-state index contributed by atoms with van der Waals surface area (Å²) >= 11 is 0. The van der Waals surface area contributed by atoms with Crippen LogP contribution in [0.4, 0.5) is 5.69 Å². The molecule has 2 bridgehead atoms. The van der Waals surface area contributed by atoms with Crippen LogP contribution in [0.1, 0.15) is 30.9 Å². The number of fused-ring (bicyclic) bond motifs is 5. The molecular weight excluding hydrogens is 296 g/mol. The summed E-state index contributed by atoms with van der Waals surface area (Å²) in [4.78, 5) is 4.99. The quantitative estimate of drug-likeness (QED) is 0.875. The zero-order valence-corrected chi connectivity index (χ0v) is 13.6. The number of ether oxygens (including phenoxy) is 1. The SMILES string of the molecule is c1ccc(NC2=N[C@@H](c3ccccc3)[C@H]3[C@@H]4CC[C@@H](C4)[C@H]3O2)cc1. The maximum atomic E-state index is 6.34. The van der Waals surface area contributed by atoms with Crippen molar-refractivity contribution in [2.24, 2.45) is 22.7 Å². The van der Waals surface area contributed by atoms with Crippen molar-refractivity contribution in [3.63, 3.8) is 0 Å². The first-order valence-corrected chi connectivity index (χ1v) is 9.00. The molecule has 24 heavy (non-hydrogen) atoms. The molecule has 1 heterocycles. The molecule has 0 spiro atoms. The zero-order chi connectivity index (χ0) is 15.9. The number of para-hydroxylation sites is 1. The van der Waals surface area contributed by atoms with Gasteiger partial charge in [-0.05, 0) is 48.8 Å². The third kappa shape index (κ3) is 2.31. The van der Waals surface area contributed by atoms with Crippen molar-refractivity contribution in [2.75, 3.05) is 5.32 Å². The molecule has 122 valence electrons. The number of benzene rings is 2. The molecule has 1 aliphatic heterocycles. The molecule has 3 aliphatic rings. The Morgan fingerprint density at radius 3 is 2.38 bits per heavy atom. The van der Waals surface area contributed by atoms with Gasteiger partial charge in [-0.25, -0.2) is 4.99 Å². The molecule has 2 aromatic carbocycles. The summed E-state index contributed by atoms with van der Waals surface area (Å²) in [6, 6.07) is 21.8. The number of nitrogens with zero attached hydrogens (tertiary/aromatic N) is 1. The summed E-state index contributed by atoms with van der Waals surface area (Å²) in [5.74, 6) is 2.01. The number of hydrogen-bond donors (Lipinski definition) is 1. The Morgan fingerprint density at radius 1 is 0.875 bits per heavy atom. The largest absolute Gasteiger partial charge is 0.461 e. The maximum Gasteiger partial charge on any atom is 0.290 e. The molecule has 5 rings (SSSR count). The molecule has 0 saturated heterocycles. The van der Waals surface area contributed by atoms with Crippen molar-refractivity contribution in [1.82, 2.24) is 0 Å². The van der Waals surface area contributed by atoms with E-state index in [1.807, 2.05) is 18.2 Å². The van der Waals surface area contributed by atoms with Gasteiger partial charge in [0.25, 0.3) is 6.02 Å². The topological polar surface area (TPSA) is 33.6 Å². The second kappa shape index (κ2) is 5.66. The van der Waals surface area contributed by atoms with Crippen molar-refractivity contribution in [3.05, 3.63) is 66.2 Å². The minimum absolute atomic E-state index is 0.214. The highest BCUT2D eigenvalue weighted by Gasteiger charge is 2.54. The molecule has 0 aromatic heterocycles. The number of rotatable bonds is 2. The van der Waals surface area contributed by atoms with Gasteiger partial charge in [0.1, 0.15) is 6.10 Å². The number of anilines is 1. The van der Waals surface area contributed by atoms with Crippen molar-refractivity contribution in [3.8, 4) is 0 Å². The van der Waals surface area contributed by atoms with Crippen LogP contribution in [-0.4, -0.2) is 12.1 Å². The predicted octanol–water partition coefficient (Wildman–Crippen LogP) is 4.64. The Kier molecular flexibility index (Phi) is 3.32. The molecule has 0 amide bonds. The third-order valence-corrected chi connectivity index (χ3v) is 5.94. The Labute approximate surface area is 142 Å². The fourth-order valence-corrected chi connectivity index (χ4v) is 4.92. The lowest BCUT2D eigenvalue weighted by atomic mass is 9.78. The maximum absolute atomic E-state index is 6.34. The minimum atomic E-state index is 0.214. The number of amidine groups is 1. The summed E-state index contributed by atoms with van der Waals surface area (Å²) in [6.07, 6.45) is 4.28. The van der Waals surface area contributed by atoms with Crippen LogP contribution in [0.2, 0.25) is 0 Å². The molecule has 2 aromatic rings. The van der Waals surface area contributed by atoms with Crippen LogP contribution in [0, 0.1) is 17.8 Å². The number of nitrogens with one attached hydrogen (secondary N) is 1. The van der Waals surface area contributed by atoms with Crippen LogP contribution in [0.3, 0.4) is 0 Å². The van der Waals surface area contributed by atoms with Crippen LogP contribution in [0.25, 0.3) is 0 Å². The Bertz CT molecular complexity index is 743. The van der Waals surface area contributed by atoms with E-state index in [-0.39, 0.29) is 6.04 Å². The average Bonchev–Trinajstić information content (AvgIpc) is 3.25. The van der Waals surface area contributed by atoms with E-state index in [0.29, 0.717) is 24.0 Å². The highest BCUT2D eigenvalue weighted by atomic mass is 16.5. The van der Waals surface area contributed by atoms with E-state index in [1.54, 1.807) is 0 Å². The fourth-order valence-electron chi connectivity index (χ4n) is 4.92. The molecule has 2 saturated carbocycles. The lowest BCUT2D eigenvalue weighted by molar-refractivity contribution is 0.0399. The molecule has 0 unspecified atom stereocenters. The van der Waals surface area contributed by atoms with Gasteiger partial charge in [0.15, 0.2) is 0 Å². The van der Waals surface area contributed by atoms with Gasteiger partial charge in [-0.3, -0.25) is 0 Å². The monoisotopic (exact) mass is 318 g/mol. The lowest BCUT2D eigenvalue weighted by Crippen LogP contribution is -2.41. The van der Waals surface area contributed by atoms with Crippen LogP contribution in [-0.2, 0) is 4.74 Å². The molecule has 2 fully saturated rings. The summed E-state index contributed by atoms with van der Waals surface area (Å²) < 4.78 is 6.34. The van der Waals surface area contributed by atoms with Crippen LogP contribution in [0.5, 0.6) is 0 Å². The van der Waals surface area contributed by atoms with Gasteiger partial charge >= 0.3 is 0 Å². The number of aliphatic imine (C=N–C) groups is 1. The van der Waals surface area contributed by atoms with Gasteiger partial charge in [-0.2, -0.15) is 0 Å². The lowest BCUT2D eigenvalue weighted by Gasteiger charge is -2.39. The number of hydrogen-bond acceptors (Lipinski definition) is 3. The highest BCUT2D eigenvalue weighted by Crippen LogP contribution is 2.56. The summed E-state index contributed by atoms with van der Waals surface area (Å²) in [6.45, 7) is 0. The second-order valence-electron chi connectivity index (χ2n) is 7.27. The standard InChI is InChI=1S/C21H22N2O/c1-3-7-14(8-4-1)19-18-15-11-12-16(13-15)20(18)24-21(23-19)22-17-9-5-2-6-10-17/h1-10,15-16,18-20H,11-13H2,(H,22,23)/t15-,16+,18-,19+,20-/m1/s1. The first-order chi connectivity index (χ1) is 11.9. The summed E-state index contributed by atoms with van der Waals surface area (Å²) in [5, 5.41) is 3.38. The van der Waals surface area contributed by atoms with Gasteiger partial charge in [-0.1, -0.05) is 48.5 Å². The Hall–Kier alpha value is -2.29. The van der Waals surface area contributed by atoms with Gasteiger partial charge in [0.2, 0.25) is 0 Å². The second-order valence-corrected chi connectivity index (χ2v) is 7.27. The van der Waals surface area contributed by atoms with Crippen molar-refractivity contribution in [1.29, 1.82) is 0 Å². The average molecular weight is 318 g/mol. The summed E-state index contributed by atoms with van der Waals surface area (Å²) in [5.41, 5.74) is 2.35. The van der Waals surface area contributed by atoms with E-state index in [2.05, 4.69) is 47.8 Å². The van der Waals surface area contributed by atoms with Crippen molar-refractivity contribution >= 4 is 11.7 Å². The van der Waals surface area contributed by atoms with Crippen LogP contribution < -0.4 is 5.32 Å². The Balaban J connectivity index is 1.50. The normalized spacial score (nSPS) is 33.5. The first kappa shape index (κ1) is 14.1. The summed E-state index contributed by atoms with van der Waals surface area (Å²) in [7, 11) is 0. The molecule has 1 N–H and O–H groups in total. The molecule has 2 aliphatic carbocycles. The molecular formula is C21H22N2O. The van der Waals surface area contributed by atoms with Gasteiger partial charge in [-0.15, -0.1) is 0 Å². The van der Waals surface area contributed by atoms with Gasteiger partial charge < -0.3 is 10.1 Å². The smallest absolute Gasteiger partial charge is 0.290 e. The van der Waals surface area contributed by atoms with Crippen LogP contribution >= 0.6 is 0 Å². The van der Waals surface area contributed by atoms with Crippen LogP contribution in [0.15, 0.2) is 65.7 Å². The predicted molar refractivity (Wildman–Crippen MR) is 95.9 cm³/mol. The van der Waals surface area contributed by atoms with E-state index in [9.17, 15) is 0 Å². The van der Waals surface area contributed by atoms with Crippen molar-refractivity contribution in [2.45, 2.75) is 31.4 Å². The van der Waals surface area contributed by atoms with Crippen molar-refractivity contribution < 1.29 is 4.74 Å².